The first-order chi connectivity index (χ1) is 7.90. The van der Waals surface area contributed by atoms with E-state index in [-0.39, 0.29) is 11.1 Å². The molecule has 17 heavy (non-hydrogen) atoms. The number of hydroxylamine groups is 2. The average molecular weight is 237 g/mol. The fourth-order valence-electron chi connectivity index (χ4n) is 1.60. The molecule has 1 amide bonds. The topological polar surface area (TPSA) is 66.8 Å². The Morgan fingerprint density at radius 1 is 1.18 bits per heavy atom. The van der Waals surface area contributed by atoms with Crippen LogP contribution in [0.3, 0.4) is 0 Å². The smallest absolute Gasteiger partial charge is 0.336 e. The van der Waals surface area contributed by atoms with Gasteiger partial charge >= 0.3 is 5.97 Å². The fraction of sp³-hybridized carbons (Fsp3) is 0.333. The molecule has 0 atom stereocenters. The summed E-state index contributed by atoms with van der Waals surface area (Å²) in [4.78, 5) is 28.0. The van der Waals surface area contributed by atoms with Gasteiger partial charge in [-0.2, -0.15) is 0 Å². The number of benzene rings is 1. The lowest BCUT2D eigenvalue weighted by Gasteiger charge is -2.17. The summed E-state index contributed by atoms with van der Waals surface area (Å²) in [6.07, 6.45) is 0. The van der Waals surface area contributed by atoms with Gasteiger partial charge in [-0.15, -0.1) is 0 Å². The Labute approximate surface area is 99.6 Å². The molecule has 1 rings (SSSR count). The molecule has 0 aromatic heterocycles. The van der Waals surface area contributed by atoms with E-state index in [1.165, 1.54) is 14.2 Å². The number of amides is 1. The Morgan fingerprint density at radius 2 is 1.65 bits per heavy atom. The minimum Gasteiger partial charge on any atom is -0.478 e. The van der Waals surface area contributed by atoms with E-state index in [0.29, 0.717) is 11.1 Å². The lowest BCUT2D eigenvalue weighted by atomic mass is 9.96. The first-order valence-electron chi connectivity index (χ1n) is 5.05. The normalized spacial score (nSPS) is 10.1. The van der Waals surface area contributed by atoms with Crippen molar-refractivity contribution in [1.82, 2.24) is 5.06 Å². The number of hydrogen-bond donors (Lipinski definition) is 1. The molecule has 0 unspecified atom stereocenters. The van der Waals surface area contributed by atoms with Gasteiger partial charge in [-0.3, -0.25) is 9.63 Å². The first kappa shape index (κ1) is 13.2. The van der Waals surface area contributed by atoms with Gasteiger partial charge in [0.05, 0.1) is 18.2 Å². The second kappa shape index (κ2) is 4.97. The quantitative estimate of drug-likeness (QED) is 0.811. The van der Waals surface area contributed by atoms with Crippen molar-refractivity contribution in [1.29, 1.82) is 0 Å². The Morgan fingerprint density at radius 3 is 2.06 bits per heavy atom. The summed E-state index contributed by atoms with van der Waals surface area (Å²) in [7, 11) is 2.79. The second-order valence-corrected chi connectivity index (χ2v) is 3.74. The van der Waals surface area contributed by atoms with Crippen LogP contribution in [0.25, 0.3) is 0 Å². The molecule has 0 spiro atoms. The molecular weight excluding hydrogens is 222 g/mol. The zero-order valence-corrected chi connectivity index (χ0v) is 10.3. The predicted molar refractivity (Wildman–Crippen MR) is 62.0 cm³/mol. The molecule has 0 heterocycles. The summed E-state index contributed by atoms with van der Waals surface area (Å²) in [5, 5.41) is 10.2. The summed E-state index contributed by atoms with van der Waals surface area (Å²) in [5.74, 6) is -1.58. The molecule has 1 aromatic rings. The van der Waals surface area contributed by atoms with Crippen LogP contribution in [0.2, 0.25) is 0 Å². The maximum atomic E-state index is 12.0. The van der Waals surface area contributed by atoms with E-state index >= 15 is 0 Å². The molecule has 1 N–H and O–H groups in total. The van der Waals surface area contributed by atoms with Gasteiger partial charge in [0.15, 0.2) is 0 Å². The van der Waals surface area contributed by atoms with E-state index in [9.17, 15) is 9.59 Å². The van der Waals surface area contributed by atoms with Gasteiger partial charge in [0.1, 0.15) is 0 Å². The highest BCUT2D eigenvalue weighted by Gasteiger charge is 2.23. The van der Waals surface area contributed by atoms with Gasteiger partial charge in [-0.25, -0.2) is 9.86 Å². The molecule has 0 aliphatic carbocycles. The molecule has 0 saturated heterocycles. The Bertz CT molecular complexity index is 468. The maximum Gasteiger partial charge on any atom is 0.336 e. The molecule has 1 aromatic carbocycles. The van der Waals surface area contributed by atoms with Gasteiger partial charge < -0.3 is 5.11 Å². The number of carbonyl (C=O) groups is 2. The summed E-state index contributed by atoms with van der Waals surface area (Å²) in [6, 6.07) is 3.40. The monoisotopic (exact) mass is 237 g/mol. The van der Waals surface area contributed by atoms with Crippen molar-refractivity contribution >= 4 is 11.9 Å². The largest absolute Gasteiger partial charge is 0.478 e. The molecule has 0 aliphatic heterocycles. The Hall–Kier alpha value is -1.88. The molecule has 0 fully saturated rings. The molecule has 5 nitrogen and oxygen atoms in total. The molecule has 92 valence electrons. The Balaban J connectivity index is 3.45. The summed E-state index contributed by atoms with van der Waals surface area (Å²) in [6.45, 7) is 3.36. The van der Waals surface area contributed by atoms with Crippen LogP contribution >= 0.6 is 0 Å². The van der Waals surface area contributed by atoms with Crippen molar-refractivity contribution in [3.8, 4) is 0 Å². The van der Waals surface area contributed by atoms with Crippen LogP contribution in [0.1, 0.15) is 31.8 Å². The highest BCUT2D eigenvalue weighted by Crippen LogP contribution is 2.20. The number of rotatable bonds is 3. The lowest BCUT2D eigenvalue weighted by molar-refractivity contribution is -0.0758. The van der Waals surface area contributed by atoms with Crippen LogP contribution in [-0.4, -0.2) is 36.2 Å². The molecular formula is C12H15NO4. The number of carbonyl (C=O) groups excluding carboxylic acids is 1. The number of carboxylic acids is 1. The molecule has 5 heteroatoms. The van der Waals surface area contributed by atoms with E-state index in [4.69, 9.17) is 9.94 Å². The van der Waals surface area contributed by atoms with Crippen molar-refractivity contribution in [3.63, 3.8) is 0 Å². The van der Waals surface area contributed by atoms with Gasteiger partial charge in [-0.05, 0) is 25.0 Å². The molecule has 0 aliphatic rings. The lowest BCUT2D eigenvalue weighted by Crippen LogP contribution is -2.28. The van der Waals surface area contributed by atoms with E-state index in [0.717, 1.165) is 5.06 Å². The summed E-state index contributed by atoms with van der Waals surface area (Å²) in [5.41, 5.74) is 1.36. The third-order valence-corrected chi connectivity index (χ3v) is 2.61. The second-order valence-electron chi connectivity index (χ2n) is 3.74. The van der Waals surface area contributed by atoms with Crippen LogP contribution in [-0.2, 0) is 4.84 Å². The first-order valence-corrected chi connectivity index (χ1v) is 5.05. The van der Waals surface area contributed by atoms with Crippen molar-refractivity contribution < 1.29 is 19.5 Å². The summed E-state index contributed by atoms with van der Waals surface area (Å²) < 4.78 is 0. The SMILES string of the molecule is CON(C)C(=O)c1c(C)ccc(C)c1C(=O)O. The summed E-state index contributed by atoms with van der Waals surface area (Å²) >= 11 is 0. The van der Waals surface area contributed by atoms with Crippen LogP contribution < -0.4 is 0 Å². The third kappa shape index (κ3) is 2.45. The van der Waals surface area contributed by atoms with E-state index < -0.39 is 11.9 Å². The fourth-order valence-corrected chi connectivity index (χ4v) is 1.60. The zero-order valence-electron chi connectivity index (χ0n) is 10.3. The van der Waals surface area contributed by atoms with Crippen molar-refractivity contribution in [2.45, 2.75) is 13.8 Å². The predicted octanol–water partition coefficient (Wildman–Crippen LogP) is 1.64. The van der Waals surface area contributed by atoms with Gasteiger partial charge in [0, 0.05) is 7.05 Å². The maximum absolute atomic E-state index is 12.0. The van der Waals surface area contributed by atoms with Gasteiger partial charge in [0.2, 0.25) is 0 Å². The minimum atomic E-state index is -1.11. The number of aromatic carboxylic acids is 1. The van der Waals surface area contributed by atoms with Gasteiger partial charge in [0.25, 0.3) is 5.91 Å². The number of carboxylic acid groups (broad SMARTS) is 1. The Kier molecular flexibility index (Phi) is 3.85. The molecule has 0 radical (unpaired) electrons. The van der Waals surface area contributed by atoms with E-state index in [1.807, 2.05) is 0 Å². The van der Waals surface area contributed by atoms with Crippen LogP contribution in [0.5, 0.6) is 0 Å². The van der Waals surface area contributed by atoms with Crippen molar-refractivity contribution in [3.05, 3.63) is 34.4 Å². The highest BCUT2D eigenvalue weighted by molar-refractivity contribution is 6.06. The van der Waals surface area contributed by atoms with Gasteiger partial charge in [-0.1, -0.05) is 12.1 Å². The third-order valence-electron chi connectivity index (χ3n) is 2.61. The highest BCUT2D eigenvalue weighted by atomic mass is 16.7. The van der Waals surface area contributed by atoms with Crippen LogP contribution in [0, 0.1) is 13.8 Å². The van der Waals surface area contributed by atoms with Crippen molar-refractivity contribution in [2.75, 3.05) is 14.2 Å². The molecule has 0 bridgehead atoms. The number of nitrogens with zero attached hydrogens (tertiary/aromatic N) is 1. The van der Waals surface area contributed by atoms with E-state index in [1.54, 1.807) is 26.0 Å². The number of hydrogen-bond acceptors (Lipinski definition) is 3. The minimum absolute atomic E-state index is 0.0268. The van der Waals surface area contributed by atoms with E-state index in [2.05, 4.69) is 0 Å². The van der Waals surface area contributed by atoms with Crippen LogP contribution in [0.4, 0.5) is 0 Å². The van der Waals surface area contributed by atoms with Crippen molar-refractivity contribution in [2.24, 2.45) is 0 Å². The standard InChI is InChI=1S/C12H15NO4/c1-7-5-6-8(2)10(12(15)16)9(7)11(14)13(3)17-4/h5-6H,1-4H3,(H,15,16). The van der Waals surface area contributed by atoms with Crippen LogP contribution in [0.15, 0.2) is 12.1 Å². The average Bonchev–Trinajstić information content (AvgIpc) is 2.29. The molecule has 0 saturated carbocycles. The zero-order chi connectivity index (χ0) is 13.2. The number of aryl methyl sites for hydroxylation is 2.